The van der Waals surface area contributed by atoms with Crippen LogP contribution in [0.1, 0.15) is 18.9 Å². The largest absolute Gasteiger partial charge is 0.480 e. The number of hydrogen-bond donors (Lipinski definition) is 1. The van der Waals surface area contributed by atoms with E-state index in [1.165, 1.54) is 6.07 Å². The van der Waals surface area contributed by atoms with Gasteiger partial charge in [0.15, 0.2) is 0 Å². The molecule has 0 amide bonds. The molecule has 0 fully saturated rings. The first-order valence-electron chi connectivity index (χ1n) is 5.67. The van der Waals surface area contributed by atoms with Crippen molar-refractivity contribution in [3.05, 3.63) is 33.9 Å². The van der Waals surface area contributed by atoms with Gasteiger partial charge in [0.25, 0.3) is 5.69 Å². The van der Waals surface area contributed by atoms with E-state index in [1.54, 1.807) is 24.0 Å². The van der Waals surface area contributed by atoms with E-state index in [9.17, 15) is 14.9 Å². The summed E-state index contributed by atoms with van der Waals surface area (Å²) in [5, 5.41) is 19.7. The normalized spacial score (nSPS) is 10.1. The SMILES string of the molecule is CCCN(CC(=O)O)c1ccc(C)c([N+](=O)[O-])c1. The number of nitrogens with zero attached hydrogens (tertiary/aromatic N) is 2. The number of anilines is 1. The van der Waals surface area contributed by atoms with Crippen LogP contribution in [0.4, 0.5) is 11.4 Å². The van der Waals surface area contributed by atoms with Crippen LogP contribution in [-0.4, -0.2) is 29.1 Å². The van der Waals surface area contributed by atoms with Crippen LogP contribution in [-0.2, 0) is 4.79 Å². The highest BCUT2D eigenvalue weighted by molar-refractivity contribution is 5.74. The molecule has 0 aliphatic carbocycles. The van der Waals surface area contributed by atoms with Crippen molar-refractivity contribution in [1.82, 2.24) is 0 Å². The first kappa shape index (κ1) is 14.0. The van der Waals surface area contributed by atoms with Gasteiger partial charge in [0.05, 0.1) is 4.92 Å². The minimum absolute atomic E-state index is 0.0130. The van der Waals surface area contributed by atoms with E-state index >= 15 is 0 Å². The number of carboxylic acid groups (broad SMARTS) is 1. The Labute approximate surface area is 105 Å². The van der Waals surface area contributed by atoms with E-state index in [4.69, 9.17) is 5.11 Å². The third-order valence-corrected chi connectivity index (χ3v) is 2.57. The molecular weight excluding hydrogens is 236 g/mol. The van der Waals surface area contributed by atoms with Crippen LogP contribution in [0.5, 0.6) is 0 Å². The zero-order chi connectivity index (χ0) is 13.7. The second-order valence-electron chi connectivity index (χ2n) is 4.04. The van der Waals surface area contributed by atoms with Crippen LogP contribution in [0.3, 0.4) is 0 Å². The lowest BCUT2D eigenvalue weighted by atomic mass is 10.1. The van der Waals surface area contributed by atoms with E-state index in [2.05, 4.69) is 0 Å². The lowest BCUT2D eigenvalue weighted by Gasteiger charge is -2.22. The second-order valence-corrected chi connectivity index (χ2v) is 4.04. The first-order valence-corrected chi connectivity index (χ1v) is 5.67. The highest BCUT2D eigenvalue weighted by Crippen LogP contribution is 2.25. The Bertz CT molecular complexity index is 459. The fourth-order valence-corrected chi connectivity index (χ4v) is 1.72. The van der Waals surface area contributed by atoms with Crippen LogP contribution in [0.15, 0.2) is 18.2 Å². The molecule has 1 N–H and O–H groups in total. The summed E-state index contributed by atoms with van der Waals surface area (Å²) < 4.78 is 0. The van der Waals surface area contributed by atoms with Gasteiger partial charge in [0, 0.05) is 23.9 Å². The van der Waals surface area contributed by atoms with Crippen LogP contribution in [0.25, 0.3) is 0 Å². The minimum Gasteiger partial charge on any atom is -0.480 e. The van der Waals surface area contributed by atoms with Gasteiger partial charge in [-0.1, -0.05) is 13.0 Å². The number of rotatable bonds is 6. The number of nitro benzene ring substituents is 1. The molecule has 6 heteroatoms. The number of carbonyl (C=O) groups is 1. The smallest absolute Gasteiger partial charge is 0.323 e. The number of aryl methyl sites for hydroxylation is 1. The number of aliphatic carboxylic acids is 1. The predicted molar refractivity (Wildman–Crippen MR) is 68.0 cm³/mol. The molecule has 0 radical (unpaired) electrons. The molecule has 6 nitrogen and oxygen atoms in total. The monoisotopic (exact) mass is 252 g/mol. The van der Waals surface area contributed by atoms with Crippen LogP contribution in [0.2, 0.25) is 0 Å². The third kappa shape index (κ3) is 3.44. The summed E-state index contributed by atoms with van der Waals surface area (Å²) in [6.45, 7) is 3.97. The molecule has 0 bridgehead atoms. The first-order chi connectivity index (χ1) is 8.45. The molecule has 18 heavy (non-hydrogen) atoms. The van der Waals surface area contributed by atoms with Gasteiger partial charge in [-0.15, -0.1) is 0 Å². The van der Waals surface area contributed by atoms with Crippen molar-refractivity contribution < 1.29 is 14.8 Å². The number of benzene rings is 1. The van der Waals surface area contributed by atoms with Crippen LogP contribution in [0, 0.1) is 17.0 Å². The summed E-state index contributed by atoms with van der Waals surface area (Å²) >= 11 is 0. The Kier molecular flexibility index (Phi) is 4.65. The molecule has 0 aliphatic heterocycles. The summed E-state index contributed by atoms with van der Waals surface area (Å²) in [6, 6.07) is 4.77. The van der Waals surface area contributed by atoms with Gasteiger partial charge < -0.3 is 10.0 Å². The molecule has 98 valence electrons. The summed E-state index contributed by atoms with van der Waals surface area (Å²) in [5.41, 5.74) is 1.14. The Balaban J connectivity index is 3.08. The molecule has 0 saturated heterocycles. The Morgan fingerprint density at radius 2 is 2.17 bits per heavy atom. The van der Waals surface area contributed by atoms with Gasteiger partial charge in [0.2, 0.25) is 0 Å². The zero-order valence-corrected chi connectivity index (χ0v) is 10.4. The number of nitro groups is 1. The van der Waals surface area contributed by atoms with Gasteiger partial charge in [-0.05, 0) is 19.4 Å². The van der Waals surface area contributed by atoms with E-state index in [-0.39, 0.29) is 12.2 Å². The summed E-state index contributed by atoms with van der Waals surface area (Å²) in [4.78, 5) is 22.8. The van der Waals surface area contributed by atoms with Crippen molar-refractivity contribution in [2.45, 2.75) is 20.3 Å². The van der Waals surface area contributed by atoms with E-state index < -0.39 is 10.9 Å². The molecule has 0 heterocycles. The molecule has 1 aromatic carbocycles. The van der Waals surface area contributed by atoms with Crippen LogP contribution < -0.4 is 4.90 Å². The number of carboxylic acids is 1. The highest BCUT2D eigenvalue weighted by atomic mass is 16.6. The van der Waals surface area contributed by atoms with Crippen molar-refractivity contribution in [3.8, 4) is 0 Å². The maximum absolute atomic E-state index is 10.8. The van der Waals surface area contributed by atoms with Gasteiger partial charge in [-0.2, -0.15) is 0 Å². The zero-order valence-electron chi connectivity index (χ0n) is 10.4. The fourth-order valence-electron chi connectivity index (χ4n) is 1.72. The molecular formula is C12H16N2O4. The lowest BCUT2D eigenvalue weighted by Crippen LogP contribution is -2.30. The van der Waals surface area contributed by atoms with Gasteiger partial charge in [0.1, 0.15) is 6.54 Å². The second kappa shape index (κ2) is 6.00. The molecule has 1 aromatic rings. The maximum Gasteiger partial charge on any atom is 0.323 e. The van der Waals surface area contributed by atoms with Crippen molar-refractivity contribution in [1.29, 1.82) is 0 Å². The van der Waals surface area contributed by atoms with Crippen molar-refractivity contribution in [3.63, 3.8) is 0 Å². The fraction of sp³-hybridized carbons (Fsp3) is 0.417. The Morgan fingerprint density at radius 1 is 1.50 bits per heavy atom. The molecule has 0 saturated carbocycles. The molecule has 0 spiro atoms. The number of hydrogen-bond acceptors (Lipinski definition) is 4. The van der Waals surface area contributed by atoms with Gasteiger partial charge in [-0.25, -0.2) is 0 Å². The summed E-state index contributed by atoms with van der Waals surface area (Å²) in [7, 11) is 0. The summed E-state index contributed by atoms with van der Waals surface area (Å²) in [6.07, 6.45) is 0.773. The Hall–Kier alpha value is -2.11. The average Bonchev–Trinajstić information content (AvgIpc) is 2.28. The molecule has 1 rings (SSSR count). The van der Waals surface area contributed by atoms with Crippen molar-refractivity contribution in [2.24, 2.45) is 0 Å². The predicted octanol–water partition coefficient (Wildman–Crippen LogP) is 2.20. The standard InChI is InChI=1S/C12H16N2O4/c1-3-6-13(8-12(15)16)10-5-4-9(2)11(7-10)14(17)18/h4-5,7H,3,6,8H2,1-2H3,(H,15,16). The molecule has 0 unspecified atom stereocenters. The van der Waals surface area contributed by atoms with E-state index in [0.29, 0.717) is 17.8 Å². The summed E-state index contributed by atoms with van der Waals surface area (Å²) in [5.74, 6) is -0.952. The lowest BCUT2D eigenvalue weighted by molar-refractivity contribution is -0.385. The third-order valence-electron chi connectivity index (χ3n) is 2.57. The van der Waals surface area contributed by atoms with E-state index in [1.807, 2.05) is 6.92 Å². The maximum atomic E-state index is 10.8. The van der Waals surface area contributed by atoms with Crippen molar-refractivity contribution in [2.75, 3.05) is 18.0 Å². The van der Waals surface area contributed by atoms with Crippen LogP contribution >= 0.6 is 0 Å². The van der Waals surface area contributed by atoms with Gasteiger partial charge in [-0.3, -0.25) is 14.9 Å². The molecule has 0 aromatic heterocycles. The van der Waals surface area contributed by atoms with Gasteiger partial charge >= 0.3 is 5.97 Å². The minimum atomic E-state index is -0.952. The molecule has 0 atom stereocenters. The van der Waals surface area contributed by atoms with Crippen molar-refractivity contribution >= 4 is 17.3 Å². The quantitative estimate of drug-likeness (QED) is 0.619. The Morgan fingerprint density at radius 3 is 2.67 bits per heavy atom. The average molecular weight is 252 g/mol. The highest BCUT2D eigenvalue weighted by Gasteiger charge is 2.15. The van der Waals surface area contributed by atoms with E-state index in [0.717, 1.165) is 6.42 Å². The molecule has 0 aliphatic rings. The topological polar surface area (TPSA) is 83.7 Å².